The summed E-state index contributed by atoms with van der Waals surface area (Å²) in [6, 6.07) is 15.6. The molecule has 4 rings (SSSR count). The topological polar surface area (TPSA) is 58.6 Å². The Kier molecular flexibility index (Phi) is 5.99. The Morgan fingerprint density at radius 2 is 1.97 bits per heavy atom. The second-order valence-corrected chi connectivity index (χ2v) is 8.43. The van der Waals surface area contributed by atoms with E-state index in [1.54, 1.807) is 0 Å². The van der Waals surface area contributed by atoms with Crippen LogP contribution >= 0.6 is 0 Å². The number of benzene rings is 2. The molecule has 1 amide bonds. The van der Waals surface area contributed by atoms with Gasteiger partial charge in [-0.1, -0.05) is 55.5 Å². The Balaban J connectivity index is 1.42. The first kappa shape index (κ1) is 20.3. The van der Waals surface area contributed by atoms with Gasteiger partial charge in [0.25, 0.3) is 0 Å². The van der Waals surface area contributed by atoms with Crippen LogP contribution < -0.4 is 10.1 Å². The highest BCUT2D eigenvalue weighted by Gasteiger charge is 2.39. The molecule has 1 aliphatic heterocycles. The highest BCUT2D eigenvalue weighted by Crippen LogP contribution is 2.51. The maximum absolute atomic E-state index is 12.3. The molecule has 2 aliphatic rings. The van der Waals surface area contributed by atoms with Crippen LogP contribution in [0.5, 0.6) is 11.5 Å². The van der Waals surface area contributed by atoms with Crippen LogP contribution in [0.4, 0.5) is 0 Å². The van der Waals surface area contributed by atoms with Crippen molar-refractivity contribution in [3.63, 3.8) is 0 Å². The minimum Gasteiger partial charge on any atom is -0.504 e. The predicted octanol–water partition coefficient (Wildman–Crippen LogP) is 4.41. The summed E-state index contributed by atoms with van der Waals surface area (Å²) < 4.78 is 6.02. The second-order valence-electron chi connectivity index (χ2n) is 8.43. The van der Waals surface area contributed by atoms with Crippen LogP contribution in [-0.4, -0.2) is 24.2 Å². The van der Waals surface area contributed by atoms with E-state index >= 15 is 0 Å². The zero-order valence-electron chi connectivity index (χ0n) is 17.5. The van der Waals surface area contributed by atoms with E-state index in [9.17, 15) is 9.90 Å². The first-order valence-electron chi connectivity index (χ1n) is 10.9. The molecule has 0 spiro atoms. The molecule has 2 N–H and O–H groups in total. The fraction of sp³-hybridized carbons (Fsp3) is 0.423. The summed E-state index contributed by atoms with van der Waals surface area (Å²) in [6.07, 6.45) is 4.96. The van der Waals surface area contributed by atoms with Gasteiger partial charge in [0.1, 0.15) is 0 Å². The highest BCUT2D eigenvalue weighted by molar-refractivity contribution is 5.81. The highest BCUT2D eigenvalue weighted by atomic mass is 16.5. The lowest BCUT2D eigenvalue weighted by atomic mass is 9.62. The summed E-state index contributed by atoms with van der Waals surface area (Å²) in [4.78, 5) is 12.3. The molecule has 1 heterocycles. The predicted molar refractivity (Wildman–Crippen MR) is 117 cm³/mol. The summed E-state index contributed by atoms with van der Waals surface area (Å²) in [5.74, 6) is 6.93. The number of hydrogen-bond acceptors (Lipinski definition) is 3. The molecule has 4 nitrogen and oxygen atoms in total. The molecular weight excluding hydrogens is 374 g/mol. The number of amides is 1. The molecule has 1 saturated carbocycles. The van der Waals surface area contributed by atoms with Crippen LogP contribution in [0.15, 0.2) is 48.5 Å². The summed E-state index contributed by atoms with van der Waals surface area (Å²) in [5, 5.41) is 13.8. The molecule has 4 heteroatoms. The van der Waals surface area contributed by atoms with E-state index in [1.807, 2.05) is 48.5 Å². The van der Waals surface area contributed by atoms with Crippen molar-refractivity contribution in [2.24, 2.45) is 11.8 Å². The Morgan fingerprint density at radius 1 is 1.17 bits per heavy atom. The molecule has 2 atom stereocenters. The molecule has 0 bridgehead atoms. The van der Waals surface area contributed by atoms with Crippen LogP contribution in [0.2, 0.25) is 0 Å². The fourth-order valence-electron chi connectivity index (χ4n) is 4.62. The zero-order valence-corrected chi connectivity index (χ0v) is 17.5. The van der Waals surface area contributed by atoms with Crippen molar-refractivity contribution in [1.29, 1.82) is 0 Å². The smallest absolute Gasteiger partial charge is 0.224 e. The van der Waals surface area contributed by atoms with Crippen molar-refractivity contribution in [3.8, 4) is 23.3 Å². The number of phenols is 1. The van der Waals surface area contributed by atoms with E-state index in [2.05, 4.69) is 24.1 Å². The SMILES string of the molecule is CCC1(c2cccc(OC[C@H]3CNC(=O)[C@@H]3CC#Cc3ccccc3)c2O)CCC1. The van der Waals surface area contributed by atoms with Crippen LogP contribution in [0.25, 0.3) is 0 Å². The van der Waals surface area contributed by atoms with E-state index in [-0.39, 0.29) is 28.9 Å². The lowest BCUT2D eigenvalue weighted by Crippen LogP contribution is -2.33. The third-order valence-electron chi connectivity index (χ3n) is 6.78. The number of phenolic OH excluding ortho intramolecular Hbond substituents is 1. The van der Waals surface area contributed by atoms with Crippen molar-refractivity contribution in [1.82, 2.24) is 5.32 Å². The summed E-state index contributed by atoms with van der Waals surface area (Å²) in [6.45, 7) is 3.14. The van der Waals surface area contributed by atoms with Gasteiger partial charge in [-0.3, -0.25) is 4.79 Å². The van der Waals surface area contributed by atoms with Gasteiger partial charge >= 0.3 is 0 Å². The van der Waals surface area contributed by atoms with Gasteiger partial charge in [-0.25, -0.2) is 0 Å². The first-order chi connectivity index (χ1) is 14.6. The summed E-state index contributed by atoms with van der Waals surface area (Å²) >= 11 is 0. The quantitative estimate of drug-likeness (QED) is 0.703. The molecule has 2 aromatic rings. The molecule has 0 unspecified atom stereocenters. The molecule has 1 aliphatic carbocycles. The van der Waals surface area contributed by atoms with E-state index in [0.717, 1.165) is 30.4 Å². The average molecular weight is 404 g/mol. The van der Waals surface area contributed by atoms with Crippen LogP contribution in [0, 0.1) is 23.7 Å². The number of nitrogens with one attached hydrogen (secondary N) is 1. The number of rotatable bonds is 6. The minimum atomic E-state index is -0.194. The Bertz CT molecular complexity index is 948. The third kappa shape index (κ3) is 4.03. The lowest BCUT2D eigenvalue weighted by molar-refractivity contribution is -0.122. The number of para-hydroxylation sites is 1. The number of ether oxygens (including phenoxy) is 1. The van der Waals surface area contributed by atoms with Crippen LogP contribution in [0.1, 0.15) is 50.2 Å². The maximum atomic E-state index is 12.3. The number of aromatic hydroxyl groups is 1. The van der Waals surface area contributed by atoms with Crippen molar-refractivity contribution < 1.29 is 14.6 Å². The van der Waals surface area contributed by atoms with Gasteiger partial charge in [-0.15, -0.1) is 0 Å². The third-order valence-corrected chi connectivity index (χ3v) is 6.78. The van der Waals surface area contributed by atoms with Crippen LogP contribution in [-0.2, 0) is 10.2 Å². The molecule has 30 heavy (non-hydrogen) atoms. The van der Waals surface area contributed by atoms with Crippen molar-refractivity contribution in [2.75, 3.05) is 13.2 Å². The number of carbonyl (C=O) groups is 1. The van der Waals surface area contributed by atoms with Crippen molar-refractivity contribution >= 4 is 5.91 Å². The number of carbonyl (C=O) groups excluding carboxylic acids is 1. The second kappa shape index (κ2) is 8.83. The molecule has 2 aromatic carbocycles. The van der Waals surface area contributed by atoms with E-state index in [0.29, 0.717) is 25.3 Å². The molecule has 0 aromatic heterocycles. The van der Waals surface area contributed by atoms with E-state index in [1.165, 1.54) is 6.42 Å². The monoisotopic (exact) mass is 403 g/mol. The zero-order chi connectivity index (χ0) is 21.0. The van der Waals surface area contributed by atoms with Gasteiger partial charge in [-0.2, -0.15) is 0 Å². The van der Waals surface area contributed by atoms with Gasteiger partial charge < -0.3 is 15.2 Å². The van der Waals surface area contributed by atoms with Gasteiger partial charge in [0, 0.05) is 30.0 Å². The lowest BCUT2D eigenvalue weighted by Gasteiger charge is -2.42. The standard InChI is InChI=1S/C26H29NO3/c1-2-26(15-8-16-26)22-13-7-14-23(24(22)28)30-18-20-17-27-25(29)21(20)12-6-11-19-9-4-3-5-10-19/h3-5,7,9-10,13-14,20-21,28H,2,8,12,15-18H2,1H3,(H,27,29)/t20-,21-/m1/s1. The molecule has 2 fully saturated rings. The molecule has 0 radical (unpaired) electrons. The summed E-state index contributed by atoms with van der Waals surface area (Å²) in [7, 11) is 0. The van der Waals surface area contributed by atoms with E-state index < -0.39 is 0 Å². The van der Waals surface area contributed by atoms with Crippen molar-refractivity contribution in [3.05, 3.63) is 59.7 Å². The van der Waals surface area contributed by atoms with Crippen molar-refractivity contribution in [2.45, 2.75) is 44.4 Å². The van der Waals surface area contributed by atoms with Gasteiger partial charge in [0.2, 0.25) is 5.91 Å². The van der Waals surface area contributed by atoms with Crippen LogP contribution in [0.3, 0.4) is 0 Å². The van der Waals surface area contributed by atoms with E-state index in [4.69, 9.17) is 4.74 Å². The molecule has 156 valence electrons. The summed E-state index contributed by atoms with van der Waals surface area (Å²) in [5.41, 5.74) is 2.04. The average Bonchev–Trinajstić information content (AvgIpc) is 3.08. The fourth-order valence-corrected chi connectivity index (χ4v) is 4.62. The normalized spacial score (nSPS) is 21.8. The largest absolute Gasteiger partial charge is 0.504 e. The Hall–Kier alpha value is -2.93. The maximum Gasteiger partial charge on any atom is 0.224 e. The minimum absolute atomic E-state index is 0.0309. The van der Waals surface area contributed by atoms with Gasteiger partial charge in [-0.05, 0) is 42.9 Å². The first-order valence-corrected chi connectivity index (χ1v) is 10.9. The number of hydrogen-bond donors (Lipinski definition) is 2. The molecule has 1 saturated heterocycles. The Labute approximate surface area is 178 Å². The van der Waals surface area contributed by atoms with Gasteiger partial charge in [0.05, 0.1) is 12.5 Å². The Morgan fingerprint density at radius 3 is 2.67 bits per heavy atom. The van der Waals surface area contributed by atoms with Gasteiger partial charge in [0.15, 0.2) is 11.5 Å². The molecular formula is C26H29NO3.